The number of hydrogen-bond acceptors (Lipinski definition) is 1. The van der Waals surface area contributed by atoms with Crippen molar-refractivity contribution < 1.29 is 0 Å². The fraction of sp³-hybridized carbons (Fsp3) is 0.833. The molecule has 1 rings (SSSR count). The Balaban J connectivity index is 2.32. The van der Waals surface area contributed by atoms with Crippen molar-refractivity contribution in [3.8, 4) is 0 Å². The van der Waals surface area contributed by atoms with Gasteiger partial charge in [-0.1, -0.05) is 6.92 Å². The number of nitrogens with zero attached hydrogens (tertiary/aromatic N) is 1. The van der Waals surface area contributed by atoms with Crippen molar-refractivity contribution in [3.63, 3.8) is 0 Å². The van der Waals surface area contributed by atoms with Gasteiger partial charge in [0.2, 0.25) is 0 Å². The summed E-state index contributed by atoms with van der Waals surface area (Å²) in [5, 5.41) is 11.2. The van der Waals surface area contributed by atoms with Crippen LogP contribution in [0.4, 0.5) is 0 Å². The number of hydrogen-bond donors (Lipinski definition) is 2. The highest BCUT2D eigenvalue weighted by Gasteiger charge is 2.26. The Hall–Kier alpha value is -0.570. The van der Waals surface area contributed by atoms with Gasteiger partial charge in [0.1, 0.15) is 0 Å². The largest absolute Gasteiger partial charge is 0.387 e. The molecule has 9 heavy (non-hydrogen) atoms. The lowest BCUT2D eigenvalue weighted by Crippen LogP contribution is -2.44. The van der Waals surface area contributed by atoms with Gasteiger partial charge in [-0.3, -0.25) is 5.41 Å². The molecule has 0 amide bonds. The van der Waals surface area contributed by atoms with Gasteiger partial charge >= 0.3 is 0 Å². The second-order valence-electron chi connectivity index (χ2n) is 2.59. The van der Waals surface area contributed by atoms with Crippen molar-refractivity contribution in [2.45, 2.75) is 6.92 Å². The van der Waals surface area contributed by atoms with Crippen molar-refractivity contribution in [2.75, 3.05) is 13.1 Å². The van der Waals surface area contributed by atoms with E-state index < -0.39 is 0 Å². The maximum atomic E-state index is 7.10. The molecule has 0 spiro atoms. The zero-order valence-electron chi connectivity index (χ0n) is 5.59. The molecular weight excluding hydrogens is 114 g/mol. The van der Waals surface area contributed by atoms with Gasteiger partial charge in [-0.05, 0) is 5.92 Å². The molecule has 1 fully saturated rings. The lowest BCUT2D eigenvalue weighted by Gasteiger charge is -2.29. The summed E-state index contributed by atoms with van der Waals surface area (Å²) in [5.74, 6) is 1.10. The fourth-order valence-electron chi connectivity index (χ4n) is 0.848. The molecule has 1 saturated heterocycles. The quantitative estimate of drug-likeness (QED) is 0.390. The molecular formula is C6H12N3. The molecule has 0 aromatic rings. The van der Waals surface area contributed by atoms with E-state index >= 15 is 0 Å². The van der Waals surface area contributed by atoms with Crippen molar-refractivity contribution in [1.29, 1.82) is 5.41 Å². The van der Waals surface area contributed by atoms with Crippen LogP contribution in [0.2, 0.25) is 0 Å². The minimum Gasteiger partial charge on any atom is -0.387 e. The first kappa shape index (κ1) is 6.55. The average Bonchev–Trinajstić information content (AvgIpc) is 1.60. The van der Waals surface area contributed by atoms with E-state index in [-0.39, 0.29) is 5.92 Å². The van der Waals surface area contributed by atoms with Crippen molar-refractivity contribution in [2.24, 2.45) is 17.6 Å². The van der Waals surface area contributed by atoms with Gasteiger partial charge in [-0.25, -0.2) is 5.32 Å². The third kappa shape index (κ3) is 1.21. The van der Waals surface area contributed by atoms with Crippen LogP contribution in [0.1, 0.15) is 6.92 Å². The molecule has 0 bridgehead atoms. The highest BCUT2D eigenvalue weighted by atomic mass is 15.0. The highest BCUT2D eigenvalue weighted by Crippen LogP contribution is 2.15. The maximum Gasteiger partial charge on any atom is 0.0937 e. The van der Waals surface area contributed by atoms with Gasteiger partial charge in [0, 0.05) is 19.0 Å². The second-order valence-corrected chi connectivity index (χ2v) is 2.59. The van der Waals surface area contributed by atoms with Crippen LogP contribution in [0, 0.1) is 17.2 Å². The van der Waals surface area contributed by atoms with Crippen molar-refractivity contribution in [3.05, 3.63) is 0 Å². The van der Waals surface area contributed by atoms with Crippen LogP contribution in [0.3, 0.4) is 0 Å². The molecule has 1 heterocycles. The zero-order chi connectivity index (χ0) is 6.85. The Morgan fingerprint density at radius 1 is 1.78 bits per heavy atom. The van der Waals surface area contributed by atoms with E-state index in [1.54, 1.807) is 0 Å². The second kappa shape index (κ2) is 2.35. The summed E-state index contributed by atoms with van der Waals surface area (Å²) in [6, 6.07) is 0. The Morgan fingerprint density at radius 3 is 2.44 bits per heavy atom. The summed E-state index contributed by atoms with van der Waals surface area (Å²) in [6.07, 6.45) is 0. The van der Waals surface area contributed by atoms with Gasteiger partial charge in [-0.2, -0.15) is 0 Å². The smallest absolute Gasteiger partial charge is 0.0937 e. The number of rotatable bonds is 2. The summed E-state index contributed by atoms with van der Waals surface area (Å²) < 4.78 is 0. The minimum atomic E-state index is 0.238. The molecule has 1 aliphatic rings. The Labute approximate surface area is 55.1 Å². The normalized spacial score (nSPS) is 22.8. The summed E-state index contributed by atoms with van der Waals surface area (Å²) in [7, 11) is 0. The van der Waals surface area contributed by atoms with E-state index in [0.29, 0.717) is 11.8 Å². The van der Waals surface area contributed by atoms with E-state index in [1.165, 1.54) is 0 Å². The van der Waals surface area contributed by atoms with Gasteiger partial charge in [-0.15, -0.1) is 0 Å². The van der Waals surface area contributed by atoms with Gasteiger partial charge in [0.15, 0.2) is 0 Å². The van der Waals surface area contributed by atoms with E-state index in [1.807, 2.05) is 6.92 Å². The molecule has 3 heteroatoms. The van der Waals surface area contributed by atoms with Crippen LogP contribution in [0.5, 0.6) is 0 Å². The third-order valence-electron chi connectivity index (χ3n) is 1.92. The monoisotopic (exact) mass is 126 g/mol. The number of nitrogens with two attached hydrogens (primary N) is 1. The predicted octanol–water partition coefficient (Wildman–Crippen LogP) is -0.207. The van der Waals surface area contributed by atoms with Crippen LogP contribution < -0.4 is 11.1 Å². The van der Waals surface area contributed by atoms with Crippen LogP contribution in [-0.2, 0) is 0 Å². The molecule has 1 unspecified atom stereocenters. The first-order valence-electron chi connectivity index (χ1n) is 3.19. The van der Waals surface area contributed by atoms with Crippen molar-refractivity contribution in [1.82, 2.24) is 5.32 Å². The van der Waals surface area contributed by atoms with E-state index in [2.05, 4.69) is 5.32 Å². The Kier molecular flexibility index (Phi) is 1.71. The molecule has 3 nitrogen and oxygen atoms in total. The molecule has 0 aromatic heterocycles. The molecule has 0 aromatic carbocycles. The Morgan fingerprint density at radius 2 is 2.33 bits per heavy atom. The molecule has 51 valence electrons. The third-order valence-corrected chi connectivity index (χ3v) is 1.92. The first-order chi connectivity index (χ1) is 4.22. The highest BCUT2D eigenvalue weighted by molar-refractivity contribution is 5.79. The van der Waals surface area contributed by atoms with Crippen LogP contribution >= 0.6 is 0 Å². The molecule has 0 aliphatic carbocycles. The topological polar surface area (TPSA) is 64.0 Å². The summed E-state index contributed by atoms with van der Waals surface area (Å²) >= 11 is 0. The zero-order valence-corrected chi connectivity index (χ0v) is 5.59. The molecule has 3 N–H and O–H groups in total. The lowest BCUT2D eigenvalue weighted by atomic mass is 9.88. The van der Waals surface area contributed by atoms with E-state index in [9.17, 15) is 0 Å². The molecule has 1 aliphatic heterocycles. The summed E-state index contributed by atoms with van der Waals surface area (Å²) in [6.45, 7) is 3.79. The van der Waals surface area contributed by atoms with E-state index in [0.717, 1.165) is 13.1 Å². The number of nitrogens with one attached hydrogen (secondary N) is 1. The minimum absolute atomic E-state index is 0.238. The standard InChI is InChI=1S/C6H12N3/c1-4(6(7)8)5-2-9-3-5/h4-5H,2-3H2,1H3,(H3,7,8). The van der Waals surface area contributed by atoms with Crippen LogP contribution in [0.15, 0.2) is 0 Å². The average molecular weight is 126 g/mol. The molecule has 1 radical (unpaired) electrons. The molecule has 1 atom stereocenters. The van der Waals surface area contributed by atoms with Crippen LogP contribution in [-0.4, -0.2) is 18.9 Å². The number of amidine groups is 1. The van der Waals surface area contributed by atoms with E-state index in [4.69, 9.17) is 11.1 Å². The summed E-state index contributed by atoms with van der Waals surface area (Å²) in [4.78, 5) is 0. The SMILES string of the molecule is CC(C(=N)N)C1C[N]C1. The van der Waals surface area contributed by atoms with Gasteiger partial charge in [0.25, 0.3) is 0 Å². The van der Waals surface area contributed by atoms with Gasteiger partial charge < -0.3 is 5.73 Å². The maximum absolute atomic E-state index is 7.10. The van der Waals surface area contributed by atoms with Crippen molar-refractivity contribution >= 4 is 5.84 Å². The molecule has 0 saturated carbocycles. The lowest BCUT2D eigenvalue weighted by molar-refractivity contribution is 0.289. The first-order valence-corrected chi connectivity index (χ1v) is 3.19. The predicted molar refractivity (Wildman–Crippen MR) is 36.4 cm³/mol. The Bertz CT molecular complexity index is 117. The van der Waals surface area contributed by atoms with Gasteiger partial charge in [0.05, 0.1) is 5.84 Å². The van der Waals surface area contributed by atoms with Crippen LogP contribution in [0.25, 0.3) is 0 Å². The fourth-order valence-corrected chi connectivity index (χ4v) is 0.848. The summed E-state index contributed by atoms with van der Waals surface area (Å²) in [5.41, 5.74) is 5.29.